The Hall–Kier alpha value is -1.56. The van der Waals surface area contributed by atoms with Crippen LogP contribution >= 0.6 is 22.9 Å². The van der Waals surface area contributed by atoms with E-state index in [2.05, 4.69) is 34.7 Å². The molecule has 0 saturated heterocycles. The number of nitrogens with zero attached hydrogens (tertiary/aromatic N) is 1. The third-order valence-corrected chi connectivity index (χ3v) is 4.59. The van der Waals surface area contributed by atoms with E-state index in [1.165, 1.54) is 9.75 Å². The van der Waals surface area contributed by atoms with Crippen LogP contribution in [0.5, 0.6) is 0 Å². The Labute approximate surface area is 146 Å². The first-order valence-corrected chi connectivity index (χ1v) is 8.79. The van der Waals surface area contributed by atoms with Crippen molar-refractivity contribution in [3.8, 4) is 0 Å². The predicted octanol–water partition coefficient (Wildman–Crippen LogP) is 3.50. The monoisotopic (exact) mass is 351 g/mol. The molecule has 1 atom stereocenters. The van der Waals surface area contributed by atoms with Crippen LogP contribution in [-0.2, 0) is 6.54 Å². The van der Waals surface area contributed by atoms with Crippen LogP contribution in [0.15, 0.2) is 41.4 Å². The van der Waals surface area contributed by atoms with Crippen LogP contribution < -0.4 is 10.6 Å². The SMILES string of the molecule is CCNC(=NCc1ccc(C)s1)NCC(O)c1ccccc1Cl. The first kappa shape index (κ1) is 17.8. The summed E-state index contributed by atoms with van der Waals surface area (Å²) in [4.78, 5) is 7.04. The molecule has 23 heavy (non-hydrogen) atoms. The van der Waals surface area contributed by atoms with Gasteiger partial charge < -0.3 is 15.7 Å². The fourth-order valence-electron chi connectivity index (χ4n) is 2.12. The Bertz CT molecular complexity index is 657. The minimum Gasteiger partial charge on any atom is -0.387 e. The van der Waals surface area contributed by atoms with Crippen molar-refractivity contribution in [2.24, 2.45) is 4.99 Å². The number of aliphatic imine (C=N–C) groups is 1. The Kier molecular flexibility index (Phi) is 6.89. The van der Waals surface area contributed by atoms with Gasteiger partial charge in [-0.25, -0.2) is 4.99 Å². The number of halogens is 1. The van der Waals surface area contributed by atoms with Crippen LogP contribution in [0.2, 0.25) is 5.02 Å². The van der Waals surface area contributed by atoms with Crippen molar-refractivity contribution in [2.75, 3.05) is 13.1 Å². The number of nitrogens with one attached hydrogen (secondary N) is 2. The van der Waals surface area contributed by atoms with Crippen molar-refractivity contribution in [3.05, 3.63) is 56.7 Å². The van der Waals surface area contributed by atoms with Crippen molar-refractivity contribution in [3.63, 3.8) is 0 Å². The number of guanidine groups is 1. The molecule has 0 aliphatic heterocycles. The predicted molar refractivity (Wildman–Crippen MR) is 98.3 cm³/mol. The van der Waals surface area contributed by atoms with Gasteiger partial charge >= 0.3 is 0 Å². The van der Waals surface area contributed by atoms with Crippen molar-refractivity contribution < 1.29 is 5.11 Å². The number of hydrogen-bond donors (Lipinski definition) is 3. The summed E-state index contributed by atoms with van der Waals surface area (Å²) in [6, 6.07) is 11.5. The maximum Gasteiger partial charge on any atom is 0.191 e. The first-order valence-electron chi connectivity index (χ1n) is 7.60. The van der Waals surface area contributed by atoms with Gasteiger partial charge in [-0.1, -0.05) is 29.8 Å². The average Bonchev–Trinajstić information content (AvgIpc) is 2.95. The van der Waals surface area contributed by atoms with E-state index >= 15 is 0 Å². The minimum absolute atomic E-state index is 0.346. The zero-order valence-electron chi connectivity index (χ0n) is 13.3. The minimum atomic E-state index is -0.684. The lowest BCUT2D eigenvalue weighted by Gasteiger charge is -2.16. The van der Waals surface area contributed by atoms with E-state index in [1.54, 1.807) is 17.4 Å². The fourth-order valence-corrected chi connectivity index (χ4v) is 3.19. The van der Waals surface area contributed by atoms with Gasteiger partial charge in [-0.15, -0.1) is 11.3 Å². The Morgan fingerprint density at radius 1 is 1.26 bits per heavy atom. The molecule has 1 aromatic carbocycles. The number of hydrogen-bond acceptors (Lipinski definition) is 3. The number of thiophene rings is 1. The van der Waals surface area contributed by atoms with Crippen LogP contribution in [0.25, 0.3) is 0 Å². The highest BCUT2D eigenvalue weighted by molar-refractivity contribution is 7.11. The average molecular weight is 352 g/mol. The summed E-state index contributed by atoms with van der Waals surface area (Å²) in [5, 5.41) is 17.2. The molecule has 4 nitrogen and oxygen atoms in total. The third kappa shape index (κ3) is 5.53. The quantitative estimate of drug-likeness (QED) is 0.551. The highest BCUT2D eigenvalue weighted by atomic mass is 35.5. The molecule has 1 aromatic heterocycles. The van der Waals surface area contributed by atoms with Gasteiger partial charge in [0.1, 0.15) is 0 Å². The van der Waals surface area contributed by atoms with E-state index in [4.69, 9.17) is 11.6 Å². The number of aliphatic hydroxyl groups excluding tert-OH is 1. The van der Waals surface area contributed by atoms with Gasteiger partial charge in [0, 0.05) is 33.4 Å². The maximum absolute atomic E-state index is 10.3. The molecule has 0 spiro atoms. The fraction of sp³-hybridized carbons (Fsp3) is 0.353. The van der Waals surface area contributed by atoms with Crippen molar-refractivity contribution >= 4 is 28.9 Å². The molecule has 1 unspecified atom stereocenters. The standard InChI is InChI=1S/C17H22ClN3OS/c1-3-19-17(20-10-13-9-8-12(2)23-13)21-11-16(22)14-6-4-5-7-15(14)18/h4-9,16,22H,3,10-11H2,1-2H3,(H2,19,20,21). The number of benzene rings is 1. The van der Waals surface area contributed by atoms with Crippen molar-refractivity contribution in [1.29, 1.82) is 0 Å². The third-order valence-electron chi connectivity index (χ3n) is 3.26. The first-order chi connectivity index (χ1) is 11.1. The van der Waals surface area contributed by atoms with Crippen LogP contribution in [0.4, 0.5) is 0 Å². The lowest BCUT2D eigenvalue weighted by molar-refractivity contribution is 0.181. The van der Waals surface area contributed by atoms with Crippen LogP contribution in [0, 0.1) is 6.92 Å². The molecule has 1 heterocycles. The molecular weight excluding hydrogens is 330 g/mol. The normalized spacial score (nSPS) is 13.0. The van der Waals surface area contributed by atoms with Crippen molar-refractivity contribution in [1.82, 2.24) is 10.6 Å². The highest BCUT2D eigenvalue weighted by Crippen LogP contribution is 2.21. The number of rotatable bonds is 6. The van der Waals surface area contributed by atoms with Gasteiger partial charge in [-0.2, -0.15) is 0 Å². The van der Waals surface area contributed by atoms with Crippen LogP contribution in [0.1, 0.15) is 28.3 Å². The van der Waals surface area contributed by atoms with Crippen LogP contribution in [0.3, 0.4) is 0 Å². The van der Waals surface area contributed by atoms with Crippen LogP contribution in [-0.4, -0.2) is 24.2 Å². The van der Waals surface area contributed by atoms with Gasteiger partial charge in [0.25, 0.3) is 0 Å². The Morgan fingerprint density at radius 3 is 2.70 bits per heavy atom. The van der Waals surface area contributed by atoms with E-state index in [0.29, 0.717) is 29.6 Å². The van der Waals surface area contributed by atoms with E-state index in [-0.39, 0.29) is 0 Å². The Morgan fingerprint density at radius 2 is 2.04 bits per heavy atom. The largest absolute Gasteiger partial charge is 0.387 e. The summed E-state index contributed by atoms with van der Waals surface area (Å²) in [5.41, 5.74) is 0.714. The molecule has 0 amide bonds. The molecule has 3 N–H and O–H groups in total. The van der Waals surface area contributed by atoms with Gasteiger partial charge in [0.2, 0.25) is 0 Å². The summed E-state index contributed by atoms with van der Waals surface area (Å²) >= 11 is 7.85. The molecule has 2 aromatic rings. The molecule has 124 valence electrons. The number of aliphatic hydroxyl groups is 1. The summed E-state index contributed by atoms with van der Waals surface area (Å²) < 4.78 is 0. The lowest BCUT2D eigenvalue weighted by Crippen LogP contribution is -2.39. The molecular formula is C17H22ClN3OS. The van der Waals surface area contributed by atoms with E-state index < -0.39 is 6.10 Å². The molecule has 0 aliphatic carbocycles. The van der Waals surface area contributed by atoms with Gasteiger partial charge in [-0.3, -0.25) is 0 Å². The zero-order chi connectivity index (χ0) is 16.7. The molecule has 2 rings (SSSR count). The highest BCUT2D eigenvalue weighted by Gasteiger charge is 2.11. The van der Waals surface area contributed by atoms with Gasteiger partial charge in [-0.05, 0) is 32.0 Å². The molecule has 0 saturated carbocycles. The van der Waals surface area contributed by atoms with E-state index in [0.717, 1.165) is 6.54 Å². The van der Waals surface area contributed by atoms with E-state index in [9.17, 15) is 5.11 Å². The summed E-state index contributed by atoms with van der Waals surface area (Å²) in [6.07, 6.45) is -0.684. The summed E-state index contributed by atoms with van der Waals surface area (Å²) in [5.74, 6) is 0.685. The second-order valence-electron chi connectivity index (χ2n) is 5.13. The zero-order valence-corrected chi connectivity index (χ0v) is 14.9. The van der Waals surface area contributed by atoms with Crippen molar-refractivity contribution in [2.45, 2.75) is 26.5 Å². The molecule has 0 aliphatic rings. The molecule has 6 heteroatoms. The van der Waals surface area contributed by atoms with Gasteiger partial charge in [0.15, 0.2) is 5.96 Å². The topological polar surface area (TPSA) is 56.7 Å². The molecule has 0 fully saturated rings. The smallest absolute Gasteiger partial charge is 0.191 e. The Balaban J connectivity index is 1.95. The molecule has 0 radical (unpaired) electrons. The van der Waals surface area contributed by atoms with Gasteiger partial charge in [0.05, 0.1) is 12.6 Å². The second-order valence-corrected chi connectivity index (χ2v) is 6.91. The molecule has 0 bridgehead atoms. The maximum atomic E-state index is 10.3. The second kappa shape index (κ2) is 8.91. The lowest BCUT2D eigenvalue weighted by atomic mass is 10.1. The number of aryl methyl sites for hydroxylation is 1. The van der Waals surface area contributed by atoms with E-state index in [1.807, 2.05) is 25.1 Å². The summed E-state index contributed by atoms with van der Waals surface area (Å²) in [7, 11) is 0. The summed E-state index contributed by atoms with van der Waals surface area (Å²) in [6.45, 7) is 5.82.